The summed E-state index contributed by atoms with van der Waals surface area (Å²) in [4.78, 5) is 28.3. The van der Waals surface area contributed by atoms with Crippen LogP contribution in [0.5, 0.6) is 23.0 Å². The van der Waals surface area contributed by atoms with Crippen LogP contribution in [0, 0.1) is 11.8 Å². The lowest BCUT2D eigenvalue weighted by Crippen LogP contribution is -2.37. The van der Waals surface area contributed by atoms with Crippen LogP contribution in [0.15, 0.2) is 36.4 Å². The second-order valence-corrected chi connectivity index (χ2v) is 8.71. The van der Waals surface area contributed by atoms with E-state index in [2.05, 4.69) is 5.32 Å². The standard InChI is InChI=1S/C25H30N2O6/c1-15(2)11-26-24(28)19-13-27(25(29)16-8-9-20-22(10-16)33-14-32-20)12-18(19)17-6-5-7-21(30-3)23(17)31-4/h5-10,15,18-19H,11-14H2,1-4H3,(H,26,28)/t18-,19+/m0/s1. The van der Waals surface area contributed by atoms with Crippen molar-refractivity contribution in [2.75, 3.05) is 40.6 Å². The summed E-state index contributed by atoms with van der Waals surface area (Å²) >= 11 is 0. The second-order valence-electron chi connectivity index (χ2n) is 8.71. The fourth-order valence-corrected chi connectivity index (χ4v) is 4.40. The fourth-order valence-electron chi connectivity index (χ4n) is 4.40. The molecule has 2 aromatic rings. The van der Waals surface area contributed by atoms with Gasteiger partial charge in [0.05, 0.1) is 20.1 Å². The zero-order chi connectivity index (χ0) is 23.5. The maximum Gasteiger partial charge on any atom is 0.254 e. The number of hydrogen-bond donors (Lipinski definition) is 1. The Morgan fingerprint density at radius 1 is 1.09 bits per heavy atom. The molecule has 2 aliphatic rings. The average molecular weight is 455 g/mol. The molecule has 1 saturated heterocycles. The number of likely N-dealkylation sites (tertiary alicyclic amines) is 1. The van der Waals surface area contributed by atoms with Gasteiger partial charge in [0.15, 0.2) is 23.0 Å². The van der Waals surface area contributed by atoms with Gasteiger partial charge in [0.1, 0.15) is 0 Å². The summed E-state index contributed by atoms with van der Waals surface area (Å²) in [6.45, 7) is 5.51. The molecule has 2 amide bonds. The third-order valence-corrected chi connectivity index (χ3v) is 6.08. The molecule has 0 saturated carbocycles. The van der Waals surface area contributed by atoms with Gasteiger partial charge in [-0.2, -0.15) is 0 Å². The van der Waals surface area contributed by atoms with E-state index in [-0.39, 0.29) is 24.5 Å². The number of ether oxygens (including phenoxy) is 4. The summed E-state index contributed by atoms with van der Waals surface area (Å²) in [6.07, 6.45) is 0. The quantitative estimate of drug-likeness (QED) is 0.692. The minimum Gasteiger partial charge on any atom is -0.493 e. The van der Waals surface area contributed by atoms with Gasteiger partial charge in [0.2, 0.25) is 12.7 Å². The Bertz CT molecular complexity index is 1040. The monoisotopic (exact) mass is 454 g/mol. The van der Waals surface area contributed by atoms with Crippen LogP contribution in [0.25, 0.3) is 0 Å². The van der Waals surface area contributed by atoms with Crippen LogP contribution in [0.3, 0.4) is 0 Å². The fraction of sp³-hybridized carbons (Fsp3) is 0.440. The average Bonchev–Trinajstić information content (AvgIpc) is 3.48. The van der Waals surface area contributed by atoms with Gasteiger partial charge in [-0.1, -0.05) is 26.0 Å². The Morgan fingerprint density at radius 3 is 2.61 bits per heavy atom. The molecular formula is C25H30N2O6. The van der Waals surface area contributed by atoms with Crippen LogP contribution in [-0.2, 0) is 4.79 Å². The molecule has 33 heavy (non-hydrogen) atoms. The van der Waals surface area contributed by atoms with Crippen molar-refractivity contribution in [1.82, 2.24) is 10.2 Å². The first-order valence-electron chi connectivity index (χ1n) is 11.1. The highest BCUT2D eigenvalue weighted by Gasteiger charge is 2.42. The van der Waals surface area contributed by atoms with Crippen molar-refractivity contribution in [3.05, 3.63) is 47.5 Å². The number of methoxy groups -OCH3 is 2. The van der Waals surface area contributed by atoms with Crippen LogP contribution >= 0.6 is 0 Å². The molecule has 0 aromatic heterocycles. The summed E-state index contributed by atoms with van der Waals surface area (Å²) in [6, 6.07) is 10.8. The number of rotatable bonds is 7. The molecule has 2 aromatic carbocycles. The van der Waals surface area contributed by atoms with E-state index in [1.807, 2.05) is 32.0 Å². The van der Waals surface area contributed by atoms with E-state index in [4.69, 9.17) is 18.9 Å². The van der Waals surface area contributed by atoms with Crippen LogP contribution in [0.4, 0.5) is 0 Å². The van der Waals surface area contributed by atoms with Crippen LogP contribution in [0.1, 0.15) is 35.7 Å². The van der Waals surface area contributed by atoms with Gasteiger partial charge in [-0.3, -0.25) is 9.59 Å². The molecule has 2 aliphatic heterocycles. The minimum absolute atomic E-state index is 0.0699. The Hall–Kier alpha value is -3.42. The van der Waals surface area contributed by atoms with E-state index >= 15 is 0 Å². The normalized spacial score (nSPS) is 19.0. The highest BCUT2D eigenvalue weighted by molar-refractivity contribution is 5.96. The van der Waals surface area contributed by atoms with E-state index < -0.39 is 5.92 Å². The molecule has 2 heterocycles. The first kappa shape index (κ1) is 22.8. The van der Waals surface area contributed by atoms with Crippen LogP contribution in [-0.4, -0.2) is 57.4 Å². The van der Waals surface area contributed by atoms with E-state index in [9.17, 15) is 9.59 Å². The summed E-state index contributed by atoms with van der Waals surface area (Å²) in [5.74, 6) is 1.81. The van der Waals surface area contributed by atoms with E-state index in [0.717, 1.165) is 5.56 Å². The zero-order valence-corrected chi connectivity index (χ0v) is 19.4. The predicted octanol–water partition coefficient (Wildman–Crippen LogP) is 3.06. The molecule has 1 fully saturated rings. The van der Waals surface area contributed by atoms with Gasteiger partial charge >= 0.3 is 0 Å². The predicted molar refractivity (Wildman–Crippen MR) is 122 cm³/mol. The minimum atomic E-state index is -0.414. The topological polar surface area (TPSA) is 86.3 Å². The van der Waals surface area contributed by atoms with Gasteiger partial charge in [-0.15, -0.1) is 0 Å². The smallest absolute Gasteiger partial charge is 0.254 e. The number of nitrogens with zero attached hydrogens (tertiary/aromatic N) is 1. The molecule has 0 radical (unpaired) electrons. The highest BCUT2D eigenvalue weighted by atomic mass is 16.7. The summed E-state index contributed by atoms with van der Waals surface area (Å²) < 4.78 is 21.9. The molecule has 176 valence electrons. The number of nitrogens with one attached hydrogen (secondary N) is 1. The molecular weight excluding hydrogens is 424 g/mol. The van der Waals surface area contributed by atoms with Gasteiger partial charge in [0.25, 0.3) is 5.91 Å². The van der Waals surface area contributed by atoms with Crippen molar-refractivity contribution < 1.29 is 28.5 Å². The van der Waals surface area contributed by atoms with Crippen LogP contribution < -0.4 is 24.3 Å². The number of benzene rings is 2. The lowest BCUT2D eigenvalue weighted by Gasteiger charge is -2.22. The molecule has 0 aliphatic carbocycles. The number of para-hydroxylation sites is 1. The maximum absolute atomic E-state index is 13.4. The van der Waals surface area contributed by atoms with Crippen molar-refractivity contribution in [2.24, 2.45) is 11.8 Å². The molecule has 0 spiro atoms. The van der Waals surface area contributed by atoms with E-state index in [1.54, 1.807) is 37.3 Å². The number of amides is 2. The summed E-state index contributed by atoms with van der Waals surface area (Å²) in [5, 5.41) is 3.04. The second kappa shape index (κ2) is 9.60. The third kappa shape index (κ3) is 4.55. The van der Waals surface area contributed by atoms with E-state index in [0.29, 0.717) is 54.1 Å². The van der Waals surface area contributed by atoms with Crippen LogP contribution in [0.2, 0.25) is 0 Å². The number of carbonyl (C=O) groups excluding carboxylic acids is 2. The van der Waals surface area contributed by atoms with Crippen molar-refractivity contribution in [2.45, 2.75) is 19.8 Å². The maximum atomic E-state index is 13.4. The third-order valence-electron chi connectivity index (χ3n) is 6.08. The first-order chi connectivity index (χ1) is 15.9. The molecule has 4 rings (SSSR count). The van der Waals surface area contributed by atoms with Crippen molar-refractivity contribution in [3.63, 3.8) is 0 Å². The first-order valence-corrected chi connectivity index (χ1v) is 11.1. The van der Waals surface area contributed by atoms with Crippen molar-refractivity contribution in [3.8, 4) is 23.0 Å². The molecule has 0 unspecified atom stereocenters. The van der Waals surface area contributed by atoms with E-state index in [1.165, 1.54) is 0 Å². The Morgan fingerprint density at radius 2 is 1.88 bits per heavy atom. The highest BCUT2D eigenvalue weighted by Crippen LogP contribution is 2.42. The molecule has 1 N–H and O–H groups in total. The SMILES string of the molecule is COc1cccc([C@@H]2CN(C(=O)c3ccc4c(c3)OCO4)C[C@H]2C(=O)NCC(C)C)c1OC. The van der Waals surface area contributed by atoms with Crippen molar-refractivity contribution >= 4 is 11.8 Å². The van der Waals surface area contributed by atoms with Gasteiger partial charge in [-0.25, -0.2) is 0 Å². The molecule has 8 nitrogen and oxygen atoms in total. The largest absolute Gasteiger partial charge is 0.493 e. The summed E-state index contributed by atoms with van der Waals surface area (Å²) in [7, 11) is 3.16. The molecule has 0 bridgehead atoms. The zero-order valence-electron chi connectivity index (χ0n) is 19.4. The Balaban J connectivity index is 1.64. The Labute approximate surface area is 193 Å². The number of carbonyl (C=O) groups is 2. The van der Waals surface area contributed by atoms with Gasteiger partial charge in [0, 0.05) is 36.7 Å². The lowest BCUT2D eigenvalue weighted by atomic mass is 9.87. The summed E-state index contributed by atoms with van der Waals surface area (Å²) in [5.41, 5.74) is 1.35. The Kier molecular flexibility index (Phi) is 6.62. The lowest BCUT2D eigenvalue weighted by molar-refractivity contribution is -0.125. The van der Waals surface area contributed by atoms with Gasteiger partial charge in [-0.05, 0) is 30.2 Å². The number of fused-ring (bicyclic) bond motifs is 1. The molecule has 2 atom stereocenters. The number of hydrogen-bond acceptors (Lipinski definition) is 6. The van der Waals surface area contributed by atoms with Crippen molar-refractivity contribution in [1.29, 1.82) is 0 Å². The van der Waals surface area contributed by atoms with Gasteiger partial charge < -0.3 is 29.2 Å². The molecule has 8 heteroatoms.